The number of hydrogen-bond acceptors (Lipinski definition) is 5. The van der Waals surface area contributed by atoms with E-state index >= 15 is 0 Å². The molecule has 0 radical (unpaired) electrons. The van der Waals surface area contributed by atoms with Gasteiger partial charge in [-0.15, -0.1) is 0 Å². The molecule has 6 nitrogen and oxygen atoms in total. The molecule has 136 valence electrons. The molecule has 0 atom stereocenters. The molecule has 0 bridgehead atoms. The summed E-state index contributed by atoms with van der Waals surface area (Å²) in [4.78, 5) is 19.5. The van der Waals surface area contributed by atoms with Crippen molar-refractivity contribution in [3.05, 3.63) is 72.2 Å². The van der Waals surface area contributed by atoms with Crippen molar-refractivity contribution in [3.63, 3.8) is 0 Å². The van der Waals surface area contributed by atoms with E-state index in [1.54, 1.807) is 0 Å². The van der Waals surface area contributed by atoms with Crippen molar-refractivity contribution in [1.82, 2.24) is 15.1 Å². The van der Waals surface area contributed by atoms with Crippen molar-refractivity contribution in [3.8, 4) is 11.4 Å². The van der Waals surface area contributed by atoms with Gasteiger partial charge < -0.3 is 14.2 Å². The largest absolute Gasteiger partial charge is 0.456 e. The van der Waals surface area contributed by atoms with Crippen LogP contribution in [0.1, 0.15) is 24.3 Å². The van der Waals surface area contributed by atoms with Crippen LogP contribution < -0.4 is 0 Å². The average Bonchev–Trinajstić information content (AvgIpc) is 3.35. The lowest BCUT2D eigenvalue weighted by Gasteiger charge is -2.02. The molecule has 0 amide bonds. The first-order valence-electron chi connectivity index (χ1n) is 8.88. The molecule has 6 heteroatoms. The van der Waals surface area contributed by atoms with E-state index in [0.29, 0.717) is 18.1 Å². The number of para-hydroxylation sites is 1. The van der Waals surface area contributed by atoms with Gasteiger partial charge in [-0.05, 0) is 24.5 Å². The highest BCUT2D eigenvalue weighted by atomic mass is 16.6. The highest BCUT2D eigenvalue weighted by Crippen LogP contribution is 2.20. The molecule has 2 heterocycles. The standard InChI is InChI=1S/C21H19N3O3/c25-20(12-6-9-16-13-22-18-11-5-4-10-17(16)18)26-14-19-23-21(24-27-19)15-7-2-1-3-8-15/h1-5,7-8,10-11,13,22H,6,9,12,14H2. The van der Waals surface area contributed by atoms with Gasteiger partial charge >= 0.3 is 5.97 Å². The summed E-state index contributed by atoms with van der Waals surface area (Å²) in [5.41, 5.74) is 3.18. The zero-order valence-corrected chi connectivity index (χ0v) is 14.7. The minimum absolute atomic E-state index is 0.00818. The van der Waals surface area contributed by atoms with E-state index in [4.69, 9.17) is 9.26 Å². The second kappa shape index (κ2) is 7.86. The van der Waals surface area contributed by atoms with Crippen LogP contribution >= 0.6 is 0 Å². The maximum absolute atomic E-state index is 12.0. The van der Waals surface area contributed by atoms with E-state index in [2.05, 4.69) is 21.2 Å². The van der Waals surface area contributed by atoms with Crippen molar-refractivity contribution in [2.45, 2.75) is 25.9 Å². The third kappa shape index (κ3) is 4.06. The number of aromatic amines is 1. The molecular formula is C21H19N3O3. The van der Waals surface area contributed by atoms with Gasteiger partial charge in [0.25, 0.3) is 5.89 Å². The Morgan fingerprint density at radius 3 is 2.78 bits per heavy atom. The Morgan fingerprint density at radius 1 is 1.07 bits per heavy atom. The topological polar surface area (TPSA) is 81.0 Å². The first-order valence-corrected chi connectivity index (χ1v) is 8.88. The lowest BCUT2D eigenvalue weighted by Crippen LogP contribution is -2.05. The summed E-state index contributed by atoms with van der Waals surface area (Å²) in [5.74, 6) is 0.508. The molecule has 0 aliphatic rings. The summed E-state index contributed by atoms with van der Waals surface area (Å²) in [6.07, 6.45) is 3.89. The maximum Gasteiger partial charge on any atom is 0.306 e. The van der Waals surface area contributed by atoms with Gasteiger partial charge in [0.2, 0.25) is 5.82 Å². The van der Waals surface area contributed by atoms with Crippen LogP contribution in [0.3, 0.4) is 0 Å². The first kappa shape index (κ1) is 17.0. The van der Waals surface area contributed by atoms with Crippen molar-refractivity contribution in [1.29, 1.82) is 0 Å². The highest BCUT2D eigenvalue weighted by molar-refractivity contribution is 5.83. The van der Waals surface area contributed by atoms with Gasteiger partial charge in [-0.2, -0.15) is 4.98 Å². The van der Waals surface area contributed by atoms with Crippen LogP contribution in [-0.4, -0.2) is 21.1 Å². The van der Waals surface area contributed by atoms with Gasteiger partial charge in [-0.1, -0.05) is 53.7 Å². The molecule has 4 aromatic rings. The Morgan fingerprint density at radius 2 is 1.89 bits per heavy atom. The van der Waals surface area contributed by atoms with E-state index < -0.39 is 0 Å². The Balaban J connectivity index is 1.25. The summed E-state index contributed by atoms with van der Waals surface area (Å²) >= 11 is 0. The number of nitrogens with one attached hydrogen (secondary N) is 1. The monoisotopic (exact) mass is 361 g/mol. The quantitative estimate of drug-likeness (QED) is 0.497. The second-order valence-corrected chi connectivity index (χ2v) is 6.25. The lowest BCUT2D eigenvalue weighted by molar-refractivity contribution is -0.145. The number of nitrogens with zero attached hydrogens (tertiary/aromatic N) is 2. The van der Waals surface area contributed by atoms with Gasteiger partial charge in [-0.25, -0.2) is 0 Å². The van der Waals surface area contributed by atoms with Gasteiger partial charge in [0, 0.05) is 29.1 Å². The summed E-state index contributed by atoms with van der Waals surface area (Å²) in [6, 6.07) is 17.7. The summed E-state index contributed by atoms with van der Waals surface area (Å²) in [7, 11) is 0. The SMILES string of the molecule is O=C(CCCc1c[nH]c2ccccc12)OCc1nc(-c2ccccc2)no1. The first-order chi connectivity index (χ1) is 13.3. The molecule has 4 rings (SSSR count). The van der Waals surface area contributed by atoms with Crippen LogP contribution in [0.15, 0.2) is 65.3 Å². The van der Waals surface area contributed by atoms with Crippen LogP contribution in [0, 0.1) is 0 Å². The number of carbonyl (C=O) groups excluding carboxylic acids is 1. The number of ether oxygens (including phenoxy) is 1. The Labute approximate surface area is 156 Å². The third-order valence-corrected chi connectivity index (χ3v) is 4.36. The van der Waals surface area contributed by atoms with Crippen LogP contribution in [-0.2, 0) is 22.6 Å². The lowest BCUT2D eigenvalue weighted by atomic mass is 10.1. The number of H-pyrrole nitrogens is 1. The van der Waals surface area contributed by atoms with Gasteiger partial charge in [0.1, 0.15) is 0 Å². The maximum atomic E-state index is 12.0. The molecular weight excluding hydrogens is 342 g/mol. The number of fused-ring (bicyclic) bond motifs is 1. The molecule has 0 spiro atoms. The molecule has 2 aromatic heterocycles. The van der Waals surface area contributed by atoms with E-state index in [1.807, 2.05) is 54.7 Å². The fourth-order valence-electron chi connectivity index (χ4n) is 2.99. The highest BCUT2D eigenvalue weighted by Gasteiger charge is 2.11. The Hall–Kier alpha value is -3.41. The number of esters is 1. The fraction of sp³-hybridized carbons (Fsp3) is 0.190. The van der Waals surface area contributed by atoms with E-state index in [1.165, 1.54) is 10.9 Å². The number of benzene rings is 2. The van der Waals surface area contributed by atoms with Gasteiger partial charge in [0.15, 0.2) is 6.61 Å². The molecule has 1 N–H and O–H groups in total. The number of carbonyl (C=O) groups is 1. The third-order valence-electron chi connectivity index (χ3n) is 4.36. The van der Waals surface area contributed by atoms with Crippen molar-refractivity contribution < 1.29 is 14.1 Å². The van der Waals surface area contributed by atoms with Crippen LogP contribution in [0.4, 0.5) is 0 Å². The summed E-state index contributed by atoms with van der Waals surface area (Å²) < 4.78 is 10.4. The molecule has 0 fully saturated rings. The number of aryl methyl sites for hydroxylation is 1. The summed E-state index contributed by atoms with van der Waals surface area (Å²) in [6.45, 7) is -0.00818. The van der Waals surface area contributed by atoms with Crippen molar-refractivity contribution in [2.75, 3.05) is 0 Å². The average molecular weight is 361 g/mol. The predicted octanol–water partition coefficient (Wildman–Crippen LogP) is 4.28. The normalized spacial score (nSPS) is 11.0. The van der Waals surface area contributed by atoms with Crippen LogP contribution in [0.25, 0.3) is 22.3 Å². The van der Waals surface area contributed by atoms with E-state index in [0.717, 1.165) is 23.9 Å². The molecule has 0 aliphatic carbocycles. The molecule has 0 saturated carbocycles. The fourth-order valence-corrected chi connectivity index (χ4v) is 2.99. The van der Waals surface area contributed by atoms with Crippen LogP contribution in [0.2, 0.25) is 0 Å². The number of aromatic nitrogens is 3. The van der Waals surface area contributed by atoms with Crippen molar-refractivity contribution >= 4 is 16.9 Å². The Kier molecular flexibility index (Phi) is 4.96. The molecule has 27 heavy (non-hydrogen) atoms. The van der Waals surface area contributed by atoms with Crippen LogP contribution in [0.5, 0.6) is 0 Å². The van der Waals surface area contributed by atoms with Gasteiger partial charge in [0.05, 0.1) is 0 Å². The molecule has 0 saturated heterocycles. The smallest absolute Gasteiger partial charge is 0.306 e. The zero-order valence-electron chi connectivity index (χ0n) is 14.7. The van der Waals surface area contributed by atoms with Crippen molar-refractivity contribution in [2.24, 2.45) is 0 Å². The molecule has 0 unspecified atom stereocenters. The number of hydrogen-bond donors (Lipinski definition) is 1. The summed E-state index contributed by atoms with van der Waals surface area (Å²) in [5, 5.41) is 5.11. The number of rotatable bonds is 7. The molecule has 2 aromatic carbocycles. The Bertz CT molecular complexity index is 1040. The van der Waals surface area contributed by atoms with Gasteiger partial charge in [-0.3, -0.25) is 4.79 Å². The predicted molar refractivity (Wildman–Crippen MR) is 101 cm³/mol. The molecule has 0 aliphatic heterocycles. The van der Waals surface area contributed by atoms with E-state index in [-0.39, 0.29) is 12.6 Å². The zero-order chi connectivity index (χ0) is 18.5. The minimum atomic E-state index is -0.269. The second-order valence-electron chi connectivity index (χ2n) is 6.25. The minimum Gasteiger partial charge on any atom is -0.456 e. The van der Waals surface area contributed by atoms with E-state index in [9.17, 15) is 4.79 Å².